The Hall–Kier alpha value is -1.44. The Morgan fingerprint density at radius 1 is 1.23 bits per heavy atom. The van der Waals surface area contributed by atoms with Crippen molar-refractivity contribution in [1.82, 2.24) is 0 Å². The van der Waals surface area contributed by atoms with Crippen molar-refractivity contribution >= 4 is 62.0 Å². The first-order valence-corrected chi connectivity index (χ1v) is 9.23. The molecule has 2 aromatic rings. The monoisotopic (exact) mass is 393 g/mol. The van der Waals surface area contributed by atoms with Crippen molar-refractivity contribution in [1.29, 1.82) is 0 Å². The number of anilines is 1. The zero-order valence-corrected chi connectivity index (χ0v) is 14.7. The molecule has 0 unspecified atom stereocenters. The molecular formula is C15H12BrN3OS2. The van der Waals surface area contributed by atoms with Gasteiger partial charge in [-0.1, -0.05) is 34.1 Å². The fourth-order valence-corrected chi connectivity index (χ4v) is 3.75. The Morgan fingerprint density at radius 3 is 2.95 bits per heavy atom. The van der Waals surface area contributed by atoms with Gasteiger partial charge in [-0.05, 0) is 29.8 Å². The van der Waals surface area contributed by atoms with Crippen molar-refractivity contribution in [3.63, 3.8) is 0 Å². The number of fused-ring (bicyclic) bond motifs is 1. The molecule has 0 fully saturated rings. The third kappa shape index (κ3) is 3.85. The molecule has 1 heterocycles. The van der Waals surface area contributed by atoms with Crippen LogP contribution < -0.4 is 5.32 Å². The Balaban J connectivity index is 1.53. The maximum atomic E-state index is 12.0. The molecule has 3 rings (SSSR count). The van der Waals surface area contributed by atoms with Gasteiger partial charge >= 0.3 is 0 Å². The van der Waals surface area contributed by atoms with E-state index in [1.54, 1.807) is 11.8 Å². The smallest absolute Gasteiger partial charge is 0.234 e. The Morgan fingerprint density at radius 2 is 2.09 bits per heavy atom. The number of rotatable bonds is 5. The molecule has 2 aromatic carbocycles. The van der Waals surface area contributed by atoms with E-state index in [1.165, 1.54) is 5.56 Å². The normalized spacial score (nSPS) is 11.9. The third-order valence-corrected chi connectivity index (χ3v) is 4.99. The average Bonchev–Trinajstić information content (AvgIpc) is 2.97. The van der Waals surface area contributed by atoms with Gasteiger partial charge in [-0.25, -0.2) is 0 Å². The van der Waals surface area contributed by atoms with Crippen LogP contribution in [0.25, 0.3) is 0 Å². The SMILES string of the molecule is O=C(CSCc1cccc(Br)c1)Nc1cccc2c1N=S=N2. The van der Waals surface area contributed by atoms with E-state index in [0.717, 1.165) is 38.6 Å². The maximum Gasteiger partial charge on any atom is 0.234 e. The fraction of sp³-hybridized carbons (Fsp3) is 0.133. The number of halogens is 1. The van der Waals surface area contributed by atoms with Crippen LogP contribution in [0.3, 0.4) is 0 Å². The lowest BCUT2D eigenvalue weighted by molar-refractivity contribution is -0.113. The second-order valence-electron chi connectivity index (χ2n) is 4.61. The molecule has 0 aromatic heterocycles. The third-order valence-electron chi connectivity index (χ3n) is 2.95. The Bertz CT molecular complexity index is 788. The molecule has 22 heavy (non-hydrogen) atoms. The highest BCUT2D eigenvalue weighted by Crippen LogP contribution is 2.38. The van der Waals surface area contributed by atoms with Gasteiger partial charge in [0.1, 0.15) is 11.4 Å². The van der Waals surface area contributed by atoms with Gasteiger partial charge in [-0.15, -0.1) is 11.8 Å². The standard InChI is InChI=1S/C15H12BrN3OS2/c16-11-4-1-3-10(7-11)8-21-9-14(20)17-12-5-2-6-13-15(12)19-22-18-13/h1-7H,8-9H2,(H,17,20). The van der Waals surface area contributed by atoms with Crippen LogP contribution >= 0.6 is 27.7 Å². The Labute approximate surface area is 144 Å². The van der Waals surface area contributed by atoms with Crippen LogP contribution in [0.2, 0.25) is 0 Å². The largest absolute Gasteiger partial charge is 0.323 e. The van der Waals surface area contributed by atoms with E-state index in [1.807, 2.05) is 30.3 Å². The number of carbonyl (C=O) groups is 1. The lowest BCUT2D eigenvalue weighted by atomic mass is 10.2. The highest BCUT2D eigenvalue weighted by molar-refractivity contribution is 9.10. The molecule has 0 bridgehead atoms. The molecule has 1 aliphatic rings. The van der Waals surface area contributed by atoms with Gasteiger partial charge in [-0.3, -0.25) is 4.79 Å². The molecule has 112 valence electrons. The number of hydrogen-bond acceptors (Lipinski definition) is 4. The highest BCUT2D eigenvalue weighted by atomic mass is 79.9. The van der Waals surface area contributed by atoms with E-state index >= 15 is 0 Å². The van der Waals surface area contributed by atoms with Crippen LogP contribution in [0.1, 0.15) is 5.56 Å². The zero-order valence-electron chi connectivity index (χ0n) is 11.5. The summed E-state index contributed by atoms with van der Waals surface area (Å²) < 4.78 is 9.43. The molecule has 1 amide bonds. The minimum Gasteiger partial charge on any atom is -0.323 e. The molecule has 0 spiro atoms. The summed E-state index contributed by atoms with van der Waals surface area (Å²) in [5.41, 5.74) is 3.47. The van der Waals surface area contributed by atoms with Crippen molar-refractivity contribution in [3.8, 4) is 0 Å². The number of hydrogen-bond donors (Lipinski definition) is 1. The van der Waals surface area contributed by atoms with Gasteiger partial charge < -0.3 is 5.32 Å². The van der Waals surface area contributed by atoms with Crippen LogP contribution in [-0.4, -0.2) is 11.7 Å². The van der Waals surface area contributed by atoms with Gasteiger partial charge in [0.2, 0.25) is 5.91 Å². The quantitative estimate of drug-likeness (QED) is 0.659. The summed E-state index contributed by atoms with van der Waals surface area (Å²) in [5.74, 6) is 1.18. The highest BCUT2D eigenvalue weighted by Gasteiger charge is 2.12. The summed E-state index contributed by atoms with van der Waals surface area (Å²) >= 11 is 6.18. The van der Waals surface area contributed by atoms with Gasteiger partial charge in [-0.2, -0.15) is 8.73 Å². The van der Waals surface area contributed by atoms with Crippen LogP contribution in [0.5, 0.6) is 0 Å². The summed E-state index contributed by atoms with van der Waals surface area (Å²) in [6, 6.07) is 13.7. The summed E-state index contributed by atoms with van der Waals surface area (Å²) in [6.07, 6.45) is 0. The predicted molar refractivity (Wildman–Crippen MR) is 96.9 cm³/mol. The molecule has 0 saturated heterocycles. The first kappa shape index (κ1) is 15.5. The van der Waals surface area contributed by atoms with Crippen molar-refractivity contribution in [2.45, 2.75) is 5.75 Å². The van der Waals surface area contributed by atoms with E-state index in [2.05, 4.69) is 42.1 Å². The summed E-state index contributed by atoms with van der Waals surface area (Å²) in [7, 11) is 0. The molecule has 1 N–H and O–H groups in total. The van der Waals surface area contributed by atoms with Gasteiger partial charge in [0.25, 0.3) is 0 Å². The number of amides is 1. The van der Waals surface area contributed by atoms with Gasteiger partial charge in [0.15, 0.2) is 0 Å². The van der Waals surface area contributed by atoms with Crippen LogP contribution in [0.4, 0.5) is 17.1 Å². The topological polar surface area (TPSA) is 53.8 Å². The van der Waals surface area contributed by atoms with Crippen LogP contribution in [0.15, 0.2) is 55.7 Å². The lowest BCUT2D eigenvalue weighted by Gasteiger charge is -2.07. The number of nitrogens with zero attached hydrogens (tertiary/aromatic N) is 2. The summed E-state index contributed by atoms with van der Waals surface area (Å²) in [6.45, 7) is 0. The van der Waals surface area contributed by atoms with Crippen molar-refractivity contribution in [2.24, 2.45) is 8.73 Å². The minimum atomic E-state index is -0.0273. The lowest BCUT2D eigenvalue weighted by Crippen LogP contribution is -2.14. The number of thioether (sulfide) groups is 1. The molecule has 4 nitrogen and oxygen atoms in total. The summed E-state index contributed by atoms with van der Waals surface area (Å²) in [4.78, 5) is 12.0. The van der Waals surface area contributed by atoms with Crippen LogP contribution in [-0.2, 0) is 21.9 Å². The maximum absolute atomic E-state index is 12.0. The van der Waals surface area contributed by atoms with E-state index in [4.69, 9.17) is 0 Å². The van der Waals surface area contributed by atoms with Crippen molar-refractivity contribution in [2.75, 3.05) is 11.1 Å². The fourth-order valence-electron chi connectivity index (χ4n) is 1.98. The molecule has 1 aliphatic heterocycles. The number of nitrogens with one attached hydrogen (secondary N) is 1. The van der Waals surface area contributed by atoms with Gasteiger partial charge in [0, 0.05) is 10.2 Å². The predicted octanol–water partition coefficient (Wildman–Crippen LogP) is 5.05. The molecule has 7 heteroatoms. The van der Waals surface area contributed by atoms with E-state index in [-0.39, 0.29) is 5.91 Å². The number of benzene rings is 2. The molecule has 0 atom stereocenters. The van der Waals surface area contributed by atoms with Gasteiger partial charge in [0.05, 0.1) is 22.8 Å². The number of carbonyl (C=O) groups excluding carboxylic acids is 1. The van der Waals surface area contributed by atoms with E-state index in [9.17, 15) is 4.79 Å². The second-order valence-corrected chi connectivity index (χ2v) is 7.04. The Kier molecular flexibility index (Phi) is 5.07. The molecular weight excluding hydrogens is 382 g/mol. The average molecular weight is 394 g/mol. The van der Waals surface area contributed by atoms with Crippen molar-refractivity contribution < 1.29 is 4.79 Å². The van der Waals surface area contributed by atoms with E-state index in [0.29, 0.717) is 5.75 Å². The van der Waals surface area contributed by atoms with Crippen LogP contribution in [0, 0.1) is 0 Å². The first-order chi connectivity index (χ1) is 10.7. The zero-order chi connectivity index (χ0) is 15.4. The molecule has 0 aliphatic carbocycles. The molecule has 0 radical (unpaired) electrons. The minimum absolute atomic E-state index is 0.0273. The first-order valence-electron chi connectivity index (χ1n) is 6.56. The van der Waals surface area contributed by atoms with Crippen molar-refractivity contribution in [3.05, 3.63) is 52.5 Å². The van der Waals surface area contributed by atoms with E-state index < -0.39 is 0 Å². The molecule has 0 saturated carbocycles. The second kappa shape index (κ2) is 7.21. The summed E-state index contributed by atoms with van der Waals surface area (Å²) in [5, 5.41) is 2.90.